The second-order valence-electron chi connectivity index (χ2n) is 10.4. The Labute approximate surface area is 224 Å². The van der Waals surface area contributed by atoms with Crippen molar-refractivity contribution in [3.63, 3.8) is 0 Å². The van der Waals surface area contributed by atoms with E-state index in [1.54, 1.807) is 32.9 Å². The number of nitrogens with one attached hydrogen (secondary N) is 1. The number of aromatic nitrogens is 3. The maximum Gasteiger partial charge on any atom is 0.433 e. The molecule has 1 aliphatic carbocycles. The lowest BCUT2D eigenvalue weighted by atomic mass is 9.87. The minimum atomic E-state index is -4.69. The number of amides is 1. The van der Waals surface area contributed by atoms with Gasteiger partial charge in [0.25, 0.3) is 5.91 Å². The van der Waals surface area contributed by atoms with E-state index in [0.717, 1.165) is 43.2 Å². The number of alkyl halides is 3. The van der Waals surface area contributed by atoms with E-state index in [4.69, 9.17) is 14.6 Å². The first-order valence-electron chi connectivity index (χ1n) is 13.1. The van der Waals surface area contributed by atoms with Crippen molar-refractivity contribution in [2.75, 3.05) is 18.5 Å². The Balaban J connectivity index is 1.70. The van der Waals surface area contributed by atoms with Crippen molar-refractivity contribution in [2.24, 2.45) is 5.92 Å². The fourth-order valence-corrected chi connectivity index (χ4v) is 4.81. The van der Waals surface area contributed by atoms with Crippen LogP contribution in [-0.2, 0) is 26.0 Å². The Morgan fingerprint density at radius 1 is 1.13 bits per heavy atom. The maximum absolute atomic E-state index is 13.2. The summed E-state index contributed by atoms with van der Waals surface area (Å²) in [7, 11) is 0. The summed E-state index contributed by atoms with van der Waals surface area (Å²) in [6.45, 7) is 7.27. The first-order chi connectivity index (χ1) is 18.4. The summed E-state index contributed by atoms with van der Waals surface area (Å²) in [4.78, 5) is 28.5. The van der Waals surface area contributed by atoms with Crippen LogP contribution in [0.2, 0.25) is 0 Å². The van der Waals surface area contributed by atoms with Crippen LogP contribution in [0, 0.1) is 5.92 Å². The molecule has 1 aromatic carbocycles. The van der Waals surface area contributed by atoms with Crippen LogP contribution in [0.25, 0.3) is 10.9 Å². The van der Waals surface area contributed by atoms with Crippen LogP contribution in [0.1, 0.15) is 81.2 Å². The number of esters is 1. The number of nitrogens with zero attached hydrogens (tertiary/aromatic N) is 3. The average Bonchev–Trinajstić information content (AvgIpc) is 3.30. The Bertz CT molecular complexity index is 1340. The number of pyridine rings is 1. The fraction of sp³-hybridized carbons (Fsp3) is 0.500. The Morgan fingerprint density at radius 2 is 1.85 bits per heavy atom. The molecule has 1 fully saturated rings. The molecule has 0 unspecified atom stereocenters. The predicted octanol–water partition coefficient (Wildman–Crippen LogP) is 6.27. The SMILES string of the molecule is CCOC(=O)COC(C)(C)c1cc2nn(C3CCC(C)CC3)cc2cc1NC(=O)c1cccc(C(F)(F)F)n1. The van der Waals surface area contributed by atoms with Gasteiger partial charge in [0.05, 0.1) is 23.8 Å². The number of fused-ring (bicyclic) bond motifs is 1. The van der Waals surface area contributed by atoms with Gasteiger partial charge >= 0.3 is 12.1 Å². The fourth-order valence-electron chi connectivity index (χ4n) is 4.81. The van der Waals surface area contributed by atoms with Gasteiger partial charge in [-0.2, -0.15) is 18.3 Å². The number of hydrogen-bond donors (Lipinski definition) is 1. The van der Waals surface area contributed by atoms with E-state index in [1.807, 2.05) is 10.9 Å². The van der Waals surface area contributed by atoms with Crippen LogP contribution in [0.15, 0.2) is 36.5 Å². The number of halogens is 3. The van der Waals surface area contributed by atoms with Crippen LogP contribution in [0.3, 0.4) is 0 Å². The van der Waals surface area contributed by atoms with E-state index in [9.17, 15) is 22.8 Å². The molecular formula is C28H33F3N4O4. The molecule has 1 amide bonds. The van der Waals surface area contributed by atoms with Crippen molar-refractivity contribution in [3.05, 3.63) is 53.5 Å². The van der Waals surface area contributed by atoms with Gasteiger partial charge in [-0.25, -0.2) is 9.78 Å². The quantitative estimate of drug-likeness (QED) is 0.335. The van der Waals surface area contributed by atoms with Gasteiger partial charge in [0, 0.05) is 22.8 Å². The Morgan fingerprint density at radius 3 is 2.51 bits per heavy atom. The number of carbonyl (C=O) groups is 2. The van der Waals surface area contributed by atoms with Gasteiger partial charge < -0.3 is 14.8 Å². The molecule has 0 aliphatic heterocycles. The molecule has 2 heterocycles. The van der Waals surface area contributed by atoms with E-state index in [-0.39, 0.29) is 24.9 Å². The highest BCUT2D eigenvalue weighted by Gasteiger charge is 2.33. The summed E-state index contributed by atoms with van der Waals surface area (Å²) >= 11 is 0. The van der Waals surface area contributed by atoms with E-state index < -0.39 is 29.3 Å². The van der Waals surface area contributed by atoms with Crippen molar-refractivity contribution < 1.29 is 32.2 Å². The predicted molar refractivity (Wildman–Crippen MR) is 139 cm³/mol. The van der Waals surface area contributed by atoms with E-state index in [1.165, 1.54) is 6.07 Å². The number of rotatable bonds is 8. The van der Waals surface area contributed by atoms with E-state index >= 15 is 0 Å². The number of anilines is 1. The van der Waals surface area contributed by atoms with Crippen LogP contribution in [0.4, 0.5) is 18.9 Å². The van der Waals surface area contributed by atoms with Gasteiger partial charge in [0.2, 0.25) is 0 Å². The molecule has 0 radical (unpaired) electrons. The summed E-state index contributed by atoms with van der Waals surface area (Å²) in [5.74, 6) is -0.667. The van der Waals surface area contributed by atoms with Crippen molar-refractivity contribution in [1.82, 2.24) is 14.8 Å². The zero-order valence-electron chi connectivity index (χ0n) is 22.5. The highest BCUT2D eigenvalue weighted by molar-refractivity contribution is 6.04. The van der Waals surface area contributed by atoms with Crippen LogP contribution in [0.5, 0.6) is 0 Å². The van der Waals surface area contributed by atoms with Crippen LogP contribution in [-0.4, -0.2) is 39.9 Å². The third kappa shape index (κ3) is 6.76. The van der Waals surface area contributed by atoms with Gasteiger partial charge in [-0.05, 0) is 76.6 Å². The molecule has 3 aromatic rings. The first kappa shape index (κ1) is 28.5. The lowest BCUT2D eigenvalue weighted by Crippen LogP contribution is -2.28. The van der Waals surface area contributed by atoms with Crippen molar-refractivity contribution in [3.8, 4) is 0 Å². The van der Waals surface area contributed by atoms with Crippen LogP contribution >= 0.6 is 0 Å². The summed E-state index contributed by atoms with van der Waals surface area (Å²) in [6, 6.07) is 6.92. The molecule has 1 N–H and O–H groups in total. The van der Waals surface area contributed by atoms with E-state index in [2.05, 4.69) is 17.2 Å². The largest absolute Gasteiger partial charge is 0.464 e. The van der Waals surface area contributed by atoms with Crippen molar-refractivity contribution in [2.45, 2.75) is 71.2 Å². The summed E-state index contributed by atoms with van der Waals surface area (Å²) < 4.78 is 52.3. The average molecular weight is 547 g/mol. The second-order valence-corrected chi connectivity index (χ2v) is 10.4. The maximum atomic E-state index is 13.2. The van der Waals surface area contributed by atoms with Gasteiger partial charge in [-0.15, -0.1) is 0 Å². The zero-order chi connectivity index (χ0) is 28.4. The molecule has 0 bridgehead atoms. The molecule has 0 atom stereocenters. The van der Waals surface area contributed by atoms with Gasteiger partial charge in [-0.1, -0.05) is 13.0 Å². The highest BCUT2D eigenvalue weighted by atomic mass is 19.4. The molecule has 210 valence electrons. The molecule has 0 saturated heterocycles. The minimum Gasteiger partial charge on any atom is -0.464 e. The smallest absolute Gasteiger partial charge is 0.433 e. The molecule has 4 rings (SSSR count). The number of carbonyl (C=O) groups excluding carboxylic acids is 2. The summed E-state index contributed by atoms with van der Waals surface area (Å²) in [5, 5.41) is 8.26. The monoisotopic (exact) mass is 546 g/mol. The third-order valence-electron chi connectivity index (χ3n) is 7.05. The molecule has 1 aliphatic rings. The second kappa shape index (κ2) is 11.3. The van der Waals surface area contributed by atoms with E-state index in [0.29, 0.717) is 22.7 Å². The van der Waals surface area contributed by atoms with Gasteiger partial charge in [0.1, 0.15) is 18.0 Å². The van der Waals surface area contributed by atoms with Gasteiger partial charge in [-0.3, -0.25) is 9.48 Å². The Hall–Kier alpha value is -3.47. The third-order valence-corrected chi connectivity index (χ3v) is 7.05. The number of ether oxygens (including phenoxy) is 2. The topological polar surface area (TPSA) is 95.3 Å². The molecule has 8 nitrogen and oxygen atoms in total. The first-order valence-corrected chi connectivity index (χ1v) is 13.1. The lowest BCUT2D eigenvalue weighted by molar-refractivity contribution is -0.154. The van der Waals surface area contributed by atoms with Crippen LogP contribution < -0.4 is 5.32 Å². The lowest BCUT2D eigenvalue weighted by Gasteiger charge is -2.28. The number of hydrogen-bond acceptors (Lipinski definition) is 6. The summed E-state index contributed by atoms with van der Waals surface area (Å²) in [6.07, 6.45) is 1.50. The molecular weight excluding hydrogens is 513 g/mol. The molecule has 1 saturated carbocycles. The summed E-state index contributed by atoms with van der Waals surface area (Å²) in [5.41, 5.74) is -1.14. The van der Waals surface area contributed by atoms with Crippen molar-refractivity contribution in [1.29, 1.82) is 0 Å². The zero-order valence-corrected chi connectivity index (χ0v) is 22.5. The molecule has 11 heteroatoms. The normalized spacial score (nSPS) is 18.2. The highest BCUT2D eigenvalue weighted by Crippen LogP contribution is 2.37. The Kier molecular flexibility index (Phi) is 8.29. The van der Waals surface area contributed by atoms with Gasteiger partial charge in [0.15, 0.2) is 0 Å². The molecule has 39 heavy (non-hydrogen) atoms. The number of benzene rings is 1. The van der Waals surface area contributed by atoms with Crippen molar-refractivity contribution >= 4 is 28.5 Å². The molecule has 0 spiro atoms. The molecule has 2 aromatic heterocycles. The minimum absolute atomic E-state index is 0.206. The standard InChI is InChI=1S/C28H33F3N4O4/c1-5-38-25(36)16-39-27(3,4)20-14-22-18(15-35(34-22)19-11-9-17(2)10-12-19)13-23(20)33-26(37)21-7-6-8-24(32-21)28(29,30)31/h6-8,13-15,17,19H,5,9-12,16H2,1-4H3,(H,33,37).